The van der Waals surface area contributed by atoms with Crippen molar-refractivity contribution in [3.05, 3.63) is 47.8 Å². The minimum absolute atomic E-state index is 0.0224. The molecule has 0 bridgehead atoms. The van der Waals surface area contributed by atoms with E-state index in [4.69, 9.17) is 9.47 Å². The number of aliphatic hydroxyl groups excluding tert-OH is 2. The molecule has 7 nitrogen and oxygen atoms in total. The predicted molar refractivity (Wildman–Crippen MR) is 117 cm³/mol. The lowest BCUT2D eigenvalue weighted by Gasteiger charge is -2.46. The van der Waals surface area contributed by atoms with Gasteiger partial charge in [0.15, 0.2) is 11.5 Å². The topological polar surface area (TPSA) is 108 Å². The Bertz CT molecular complexity index is 979. The molecule has 2 aromatic rings. The lowest BCUT2D eigenvalue weighted by Crippen LogP contribution is -2.59. The largest absolute Gasteiger partial charge is 0.504 e. The Kier molecular flexibility index (Phi) is 7.07. The number of ether oxygens (including phenoxy) is 2. The summed E-state index contributed by atoms with van der Waals surface area (Å²) in [6.07, 6.45) is -3.22. The Morgan fingerprint density at radius 1 is 1.22 bits per heavy atom. The van der Waals surface area contributed by atoms with E-state index in [1.54, 1.807) is 39.0 Å². The number of rotatable bonds is 6. The van der Waals surface area contributed by atoms with Gasteiger partial charge in [0.2, 0.25) is 12.2 Å². The molecule has 4 atom stereocenters. The van der Waals surface area contributed by atoms with Crippen LogP contribution < -0.4 is 10.1 Å². The van der Waals surface area contributed by atoms with Gasteiger partial charge in [0.25, 0.3) is 0 Å². The molecule has 174 valence electrons. The Morgan fingerprint density at radius 2 is 1.94 bits per heavy atom. The van der Waals surface area contributed by atoms with Crippen molar-refractivity contribution in [2.75, 3.05) is 6.54 Å². The van der Waals surface area contributed by atoms with Crippen molar-refractivity contribution in [1.29, 1.82) is 0 Å². The number of hydrogen-bond donors (Lipinski definition) is 4. The minimum atomic E-state index is -1.32. The first kappa shape index (κ1) is 24.0. The second-order valence-electron chi connectivity index (χ2n) is 8.70. The molecule has 1 aliphatic rings. The van der Waals surface area contributed by atoms with Gasteiger partial charge in [-0.2, -0.15) is 0 Å². The van der Waals surface area contributed by atoms with E-state index in [0.29, 0.717) is 29.7 Å². The highest BCUT2D eigenvalue weighted by Crippen LogP contribution is 2.40. The number of carbonyl (C=O) groups excluding carboxylic acids is 1. The zero-order chi connectivity index (χ0) is 23.6. The quantitative estimate of drug-likeness (QED) is 0.542. The minimum Gasteiger partial charge on any atom is -0.504 e. The summed E-state index contributed by atoms with van der Waals surface area (Å²) in [6.45, 7) is 7.08. The Labute approximate surface area is 186 Å². The number of hydrogen-bond acceptors (Lipinski definition) is 6. The molecule has 0 aromatic heterocycles. The summed E-state index contributed by atoms with van der Waals surface area (Å²) in [5.74, 6) is -1.13. The third kappa shape index (κ3) is 5.20. The molecule has 8 heteroatoms. The zero-order valence-corrected chi connectivity index (χ0v) is 18.6. The molecule has 3 rings (SSSR count). The van der Waals surface area contributed by atoms with E-state index < -0.39 is 29.9 Å². The summed E-state index contributed by atoms with van der Waals surface area (Å²) in [7, 11) is 0. The highest BCUT2D eigenvalue weighted by atomic mass is 19.1. The van der Waals surface area contributed by atoms with E-state index in [2.05, 4.69) is 5.32 Å². The molecule has 0 spiro atoms. The second kappa shape index (κ2) is 9.44. The van der Waals surface area contributed by atoms with Crippen LogP contribution in [0, 0.1) is 11.7 Å². The van der Waals surface area contributed by atoms with E-state index in [1.807, 2.05) is 0 Å². The Hall–Kier alpha value is -2.68. The van der Waals surface area contributed by atoms with Gasteiger partial charge in [-0.15, -0.1) is 0 Å². The van der Waals surface area contributed by atoms with Crippen molar-refractivity contribution in [3.63, 3.8) is 0 Å². The number of halogens is 1. The molecule has 1 fully saturated rings. The molecule has 32 heavy (non-hydrogen) atoms. The molecule has 0 radical (unpaired) electrons. The molecule has 1 amide bonds. The van der Waals surface area contributed by atoms with Crippen molar-refractivity contribution >= 4 is 5.91 Å². The highest BCUT2D eigenvalue weighted by molar-refractivity contribution is 5.73. The van der Waals surface area contributed by atoms with Gasteiger partial charge in [0.1, 0.15) is 11.9 Å². The second-order valence-corrected chi connectivity index (χ2v) is 8.70. The van der Waals surface area contributed by atoms with E-state index in [-0.39, 0.29) is 23.3 Å². The highest BCUT2D eigenvalue weighted by Gasteiger charge is 2.47. The first-order valence-corrected chi connectivity index (χ1v) is 10.6. The van der Waals surface area contributed by atoms with Crippen LogP contribution in [0.15, 0.2) is 36.4 Å². The van der Waals surface area contributed by atoms with Gasteiger partial charge in [-0.25, -0.2) is 4.39 Å². The van der Waals surface area contributed by atoms with Crippen LogP contribution >= 0.6 is 0 Å². The van der Waals surface area contributed by atoms with E-state index >= 15 is 0 Å². The monoisotopic (exact) mass is 447 g/mol. The fourth-order valence-corrected chi connectivity index (χ4v) is 3.77. The van der Waals surface area contributed by atoms with E-state index in [1.165, 1.54) is 25.1 Å². The fourth-order valence-electron chi connectivity index (χ4n) is 3.77. The molecule has 2 aromatic carbocycles. The van der Waals surface area contributed by atoms with Crippen LogP contribution in [0.1, 0.15) is 33.3 Å². The number of phenols is 1. The van der Waals surface area contributed by atoms with Gasteiger partial charge in [-0.3, -0.25) is 4.79 Å². The van der Waals surface area contributed by atoms with Crippen LogP contribution in [0.25, 0.3) is 11.1 Å². The van der Waals surface area contributed by atoms with Gasteiger partial charge in [-0.1, -0.05) is 19.1 Å². The number of aliphatic hydroxyl groups is 2. The van der Waals surface area contributed by atoms with Gasteiger partial charge in [-0.05, 0) is 61.2 Å². The number of aromatic hydroxyl groups is 1. The summed E-state index contributed by atoms with van der Waals surface area (Å²) in [5, 5.41) is 34.2. The maximum Gasteiger partial charge on any atom is 0.229 e. The van der Waals surface area contributed by atoms with Crippen molar-refractivity contribution < 1.29 is 34.0 Å². The third-order valence-corrected chi connectivity index (χ3v) is 5.99. The molecule has 0 aliphatic carbocycles. The molecular weight excluding hydrogens is 417 g/mol. The first-order valence-electron chi connectivity index (χ1n) is 10.6. The molecular formula is C24H30FNO6. The number of phenolic OH excluding ortho intramolecular Hbond substituents is 1. The molecule has 1 aliphatic heterocycles. The van der Waals surface area contributed by atoms with E-state index in [0.717, 1.165) is 0 Å². The van der Waals surface area contributed by atoms with Crippen molar-refractivity contribution in [1.82, 2.24) is 5.32 Å². The lowest BCUT2D eigenvalue weighted by molar-refractivity contribution is -0.285. The summed E-state index contributed by atoms with van der Waals surface area (Å²) >= 11 is 0. The Morgan fingerprint density at radius 3 is 2.59 bits per heavy atom. The van der Waals surface area contributed by atoms with Crippen molar-refractivity contribution in [3.8, 4) is 22.6 Å². The number of nitrogens with one attached hydrogen (secondary N) is 1. The van der Waals surface area contributed by atoms with Gasteiger partial charge < -0.3 is 30.1 Å². The van der Waals surface area contributed by atoms with Crippen molar-refractivity contribution in [2.24, 2.45) is 5.92 Å². The van der Waals surface area contributed by atoms with E-state index in [9.17, 15) is 24.5 Å². The van der Waals surface area contributed by atoms with Crippen LogP contribution in [0.3, 0.4) is 0 Å². The number of benzene rings is 2. The SMILES string of the molecule is CC(=O)NCCc1cc(O)c(O[C@@H]2OC(C)(C)[C@H](C)[C@@H](O)[C@H]2O)cc1-c1cccc(F)c1. The summed E-state index contributed by atoms with van der Waals surface area (Å²) in [5.41, 5.74) is 1.06. The van der Waals surface area contributed by atoms with Gasteiger partial charge in [0, 0.05) is 19.4 Å². The maximum absolute atomic E-state index is 13.9. The van der Waals surface area contributed by atoms with Crippen LogP contribution in [0.5, 0.6) is 11.5 Å². The molecule has 0 saturated carbocycles. The number of amides is 1. The normalized spacial score (nSPS) is 24.7. The summed E-state index contributed by atoms with van der Waals surface area (Å²) in [6, 6.07) is 9.01. The first-order chi connectivity index (χ1) is 15.0. The summed E-state index contributed by atoms with van der Waals surface area (Å²) in [4.78, 5) is 11.2. The average molecular weight is 448 g/mol. The average Bonchev–Trinajstić information content (AvgIpc) is 2.71. The zero-order valence-electron chi connectivity index (χ0n) is 18.6. The molecule has 1 saturated heterocycles. The fraction of sp³-hybridized carbons (Fsp3) is 0.458. The predicted octanol–water partition coefficient (Wildman–Crippen LogP) is 2.75. The lowest BCUT2D eigenvalue weighted by atomic mass is 9.82. The van der Waals surface area contributed by atoms with Gasteiger partial charge >= 0.3 is 0 Å². The third-order valence-electron chi connectivity index (χ3n) is 5.99. The molecule has 1 heterocycles. The van der Waals surface area contributed by atoms with Crippen LogP contribution in [-0.2, 0) is 16.0 Å². The molecule has 0 unspecified atom stereocenters. The summed E-state index contributed by atoms with van der Waals surface area (Å²) < 4.78 is 25.6. The van der Waals surface area contributed by atoms with Crippen LogP contribution in [0.4, 0.5) is 4.39 Å². The standard InChI is InChI=1S/C24H30FNO6/c1-13-21(29)22(30)23(32-24(13,3)4)31-20-12-18(15-6-5-7-17(25)10-15)16(11-19(20)28)8-9-26-14(2)27/h5-7,10-13,21-23,28-30H,8-9H2,1-4H3,(H,26,27)/t13-,21-,22-,23-/m1/s1. The Balaban J connectivity index is 1.96. The smallest absolute Gasteiger partial charge is 0.229 e. The van der Waals surface area contributed by atoms with Crippen LogP contribution in [0.2, 0.25) is 0 Å². The van der Waals surface area contributed by atoms with Crippen LogP contribution in [-0.4, -0.2) is 51.9 Å². The molecule has 4 N–H and O–H groups in total. The van der Waals surface area contributed by atoms with Gasteiger partial charge in [0.05, 0.1) is 11.7 Å². The number of carbonyl (C=O) groups is 1. The maximum atomic E-state index is 13.9. The van der Waals surface area contributed by atoms with Crippen molar-refractivity contribution in [2.45, 2.75) is 58.2 Å².